The van der Waals surface area contributed by atoms with E-state index in [1.807, 2.05) is 14.1 Å². The highest BCUT2D eigenvalue weighted by molar-refractivity contribution is 5.90. The molecule has 6 amide bonds. The van der Waals surface area contributed by atoms with Crippen LogP contribution in [0.1, 0.15) is 369 Å². The molecule has 5 fully saturated rings. The van der Waals surface area contributed by atoms with E-state index in [2.05, 4.69) is 45.3 Å². The summed E-state index contributed by atoms with van der Waals surface area (Å²) in [6.07, 6.45) is 65.9. The van der Waals surface area contributed by atoms with Crippen molar-refractivity contribution in [2.24, 2.45) is 17.8 Å². The van der Waals surface area contributed by atoms with Crippen LogP contribution in [-0.4, -0.2) is 130 Å². The van der Waals surface area contributed by atoms with Crippen molar-refractivity contribution in [1.29, 1.82) is 0 Å². The first-order valence-corrected chi connectivity index (χ1v) is 39.9. The summed E-state index contributed by atoms with van der Waals surface area (Å²) in [7, 11) is 3.69. The largest absolute Gasteiger partial charge is 0.449 e. The number of nitrogens with one attached hydrogen (secondary N) is 2. The maximum atomic E-state index is 11.4. The van der Waals surface area contributed by atoms with Gasteiger partial charge in [0.2, 0.25) is 5.91 Å². The smallest absolute Gasteiger partial charge is 0.416 e. The van der Waals surface area contributed by atoms with Crippen molar-refractivity contribution in [3.8, 4) is 0 Å². The molecule has 5 aliphatic rings. The number of carbonyl (C=O) groups excluding carboxylic acids is 6. The lowest BCUT2D eigenvalue weighted by molar-refractivity contribution is -0.129. The Kier molecular flexibility index (Phi) is 59.7. The standard InChI is InChI=1S/C17H33NO2.C16H29NO3.C16H31NO2.C15H29NO2.C14H27NO2/c1-3-4-5-6-7-8-9-10-11-12-13-16-14-15-20-17(19)18(16)2;1-3-4-5-6-7-8-9-10-11-15-12-17(14(2)18)16(19)20-13-15;1-2-3-4-5-6-7-8-9-10-11-12-15-13-14-19-16(18)17-15;1-3-4-5-6-7-8-9-10-11-14-12-16(2)15(17)18-13-14;1-2-3-4-5-6-7-8-9-10-13-11-15-14(16)17-12-13/h16H,3-15H2,1-2H3;15H,3-13H2,1-2H3;15H,2-14H2,1H3,(H,17,18);14H,3-13H2,1-2H3;13H,2-12H2,1H3,(H,15,16). The molecular formula is C78H149N5O11. The second kappa shape index (κ2) is 63.7. The average Bonchev–Trinajstić information content (AvgIpc) is 1.15. The van der Waals surface area contributed by atoms with Crippen LogP contribution < -0.4 is 10.6 Å². The highest BCUT2D eigenvalue weighted by atomic mass is 16.6. The Hall–Kier alpha value is -3.98. The summed E-state index contributed by atoms with van der Waals surface area (Å²) in [4.78, 5) is 71.7. The molecule has 0 radical (unpaired) electrons. The van der Waals surface area contributed by atoms with Crippen molar-refractivity contribution in [3.63, 3.8) is 0 Å². The molecule has 5 atom stereocenters. The summed E-state index contributed by atoms with van der Waals surface area (Å²) < 4.78 is 25.0. The van der Waals surface area contributed by atoms with Crippen LogP contribution in [0.4, 0.5) is 24.0 Å². The topological polar surface area (TPSA) is 182 Å². The Morgan fingerprint density at radius 2 is 0.723 bits per heavy atom. The molecule has 0 aromatic rings. The fourth-order valence-corrected chi connectivity index (χ4v) is 13.1. The van der Waals surface area contributed by atoms with Gasteiger partial charge < -0.3 is 44.1 Å². The van der Waals surface area contributed by atoms with Gasteiger partial charge in [-0.15, -0.1) is 0 Å². The lowest BCUT2D eigenvalue weighted by Gasteiger charge is -2.31. The lowest BCUT2D eigenvalue weighted by atomic mass is 9.99. The number of unbranched alkanes of at least 4 members (excludes halogenated alkanes) is 39. The molecule has 0 bridgehead atoms. The van der Waals surface area contributed by atoms with E-state index in [-0.39, 0.29) is 30.3 Å². The molecule has 0 aromatic carbocycles. The molecule has 5 unspecified atom stereocenters. The van der Waals surface area contributed by atoms with Gasteiger partial charge in [-0.3, -0.25) is 4.79 Å². The number of hydrogen-bond acceptors (Lipinski definition) is 11. The number of nitrogens with zero attached hydrogens (tertiary/aromatic N) is 3. The van der Waals surface area contributed by atoms with Crippen molar-refractivity contribution in [2.75, 3.05) is 66.8 Å². The van der Waals surface area contributed by atoms with Gasteiger partial charge in [0.05, 0.1) is 33.0 Å². The summed E-state index contributed by atoms with van der Waals surface area (Å²) in [5, 5.41) is 5.63. The first-order valence-electron chi connectivity index (χ1n) is 39.9. The van der Waals surface area contributed by atoms with E-state index in [1.54, 1.807) is 9.80 Å². The van der Waals surface area contributed by atoms with Gasteiger partial charge in [0.15, 0.2) is 0 Å². The monoisotopic (exact) mass is 1330 g/mol. The fraction of sp³-hybridized carbons (Fsp3) is 0.923. The fourth-order valence-electron chi connectivity index (χ4n) is 13.1. The zero-order chi connectivity index (χ0) is 68.8. The third kappa shape index (κ3) is 51.3. The van der Waals surface area contributed by atoms with E-state index in [4.69, 9.17) is 23.7 Å². The van der Waals surface area contributed by atoms with E-state index < -0.39 is 6.09 Å². The molecule has 0 aromatic heterocycles. The van der Waals surface area contributed by atoms with Crippen molar-refractivity contribution in [1.82, 2.24) is 25.3 Å². The van der Waals surface area contributed by atoms with E-state index in [9.17, 15) is 28.8 Å². The predicted molar refractivity (Wildman–Crippen MR) is 388 cm³/mol. The van der Waals surface area contributed by atoms with E-state index in [0.717, 1.165) is 45.2 Å². The molecular weight excluding hydrogens is 1180 g/mol. The van der Waals surface area contributed by atoms with Crippen LogP contribution in [0, 0.1) is 17.8 Å². The van der Waals surface area contributed by atoms with Crippen molar-refractivity contribution in [3.05, 3.63) is 0 Å². The molecule has 0 aliphatic carbocycles. The summed E-state index contributed by atoms with van der Waals surface area (Å²) in [5.41, 5.74) is 0. The Morgan fingerprint density at radius 3 is 1.11 bits per heavy atom. The molecule has 2 N–H and O–H groups in total. The van der Waals surface area contributed by atoms with Crippen LogP contribution in [0.3, 0.4) is 0 Å². The molecule has 5 rings (SSSR count). The summed E-state index contributed by atoms with van der Waals surface area (Å²) in [6, 6.07) is 0.764. The Balaban J connectivity index is 0.000000588. The highest BCUT2D eigenvalue weighted by Crippen LogP contribution is 2.23. The summed E-state index contributed by atoms with van der Waals surface area (Å²) in [5.74, 6) is 1.19. The Labute approximate surface area is 577 Å². The Morgan fingerprint density at radius 1 is 0.372 bits per heavy atom. The minimum Gasteiger partial charge on any atom is -0.449 e. The summed E-state index contributed by atoms with van der Waals surface area (Å²) >= 11 is 0. The third-order valence-electron chi connectivity index (χ3n) is 19.5. The van der Waals surface area contributed by atoms with Crippen molar-refractivity contribution < 1.29 is 52.5 Å². The van der Waals surface area contributed by atoms with E-state index in [1.165, 1.54) is 307 Å². The number of imide groups is 1. The van der Waals surface area contributed by atoms with Gasteiger partial charge in [-0.25, -0.2) is 28.9 Å². The van der Waals surface area contributed by atoms with Crippen LogP contribution in [0.2, 0.25) is 0 Å². The first-order chi connectivity index (χ1) is 45.8. The van der Waals surface area contributed by atoms with Crippen LogP contribution >= 0.6 is 0 Å². The SMILES string of the molecule is CCCCCCCCCCC1CNC(=O)OC1.CCCCCCCCCCC1COC(=O)N(C(C)=O)C1.CCCCCCCCCCC1COC(=O)N(C)C1.CCCCCCCCCCCCC1CCOC(=O)N1.CCCCCCCCCCCCC1CCOC(=O)N1C. The second-order valence-electron chi connectivity index (χ2n) is 28.4. The van der Waals surface area contributed by atoms with Gasteiger partial charge in [-0.1, -0.05) is 317 Å². The molecule has 5 aliphatic heterocycles. The second-order valence-corrected chi connectivity index (χ2v) is 28.4. The van der Waals surface area contributed by atoms with Gasteiger partial charge in [-0.2, -0.15) is 0 Å². The van der Waals surface area contributed by atoms with Crippen molar-refractivity contribution >= 4 is 36.4 Å². The van der Waals surface area contributed by atoms with Crippen LogP contribution in [0.5, 0.6) is 0 Å². The number of alkyl carbamates (subject to hydrolysis) is 2. The number of amides is 6. The predicted octanol–water partition coefficient (Wildman–Crippen LogP) is 22.2. The molecule has 0 saturated carbocycles. The van der Waals surface area contributed by atoms with Gasteiger partial charge in [0, 0.05) is 83.3 Å². The molecule has 5 heterocycles. The third-order valence-corrected chi connectivity index (χ3v) is 19.5. The van der Waals surface area contributed by atoms with Gasteiger partial charge >= 0.3 is 30.5 Å². The number of carbonyl (C=O) groups is 6. The van der Waals surface area contributed by atoms with Crippen LogP contribution in [0.25, 0.3) is 0 Å². The maximum Gasteiger partial charge on any atom is 0.416 e. The average molecular weight is 1330 g/mol. The normalized spacial score (nSPS) is 19.4. The molecule has 5 saturated heterocycles. The molecule has 16 nitrogen and oxygen atoms in total. The molecule has 552 valence electrons. The van der Waals surface area contributed by atoms with Gasteiger partial charge in [0.1, 0.15) is 0 Å². The quantitative estimate of drug-likeness (QED) is 0.0437. The zero-order valence-electron chi connectivity index (χ0n) is 62.4. The minimum atomic E-state index is -0.482. The maximum absolute atomic E-state index is 11.4. The minimum absolute atomic E-state index is 0.145. The lowest BCUT2D eigenvalue weighted by Crippen LogP contribution is -2.45. The van der Waals surface area contributed by atoms with E-state index in [0.29, 0.717) is 69.4 Å². The van der Waals surface area contributed by atoms with E-state index >= 15 is 0 Å². The Bertz CT molecular complexity index is 1800. The molecule has 94 heavy (non-hydrogen) atoms. The number of rotatable bonds is 49. The number of cyclic esters (lactones) is 5. The molecule has 16 heteroatoms. The number of hydrogen-bond donors (Lipinski definition) is 2. The first kappa shape index (κ1) is 88.0. The van der Waals surface area contributed by atoms with Gasteiger partial charge in [-0.05, 0) is 32.1 Å². The number of ether oxygens (including phenoxy) is 5. The summed E-state index contributed by atoms with van der Waals surface area (Å²) in [6.45, 7) is 17.8. The molecule has 0 spiro atoms. The zero-order valence-corrected chi connectivity index (χ0v) is 62.4. The van der Waals surface area contributed by atoms with Gasteiger partial charge in [0.25, 0.3) is 0 Å². The van der Waals surface area contributed by atoms with Crippen LogP contribution in [-0.2, 0) is 28.5 Å². The van der Waals surface area contributed by atoms with Crippen molar-refractivity contribution in [2.45, 2.75) is 381 Å². The van der Waals surface area contributed by atoms with Crippen LogP contribution in [0.15, 0.2) is 0 Å². The highest BCUT2D eigenvalue weighted by Gasteiger charge is 2.30.